The maximum absolute atomic E-state index is 11.1. The summed E-state index contributed by atoms with van der Waals surface area (Å²) in [5.74, 6) is -0.244. The van der Waals surface area contributed by atoms with Gasteiger partial charge in [0.1, 0.15) is 6.33 Å². The second kappa shape index (κ2) is 4.04. The van der Waals surface area contributed by atoms with Gasteiger partial charge in [0.05, 0.1) is 19.0 Å². The van der Waals surface area contributed by atoms with Crippen LogP contribution in [-0.4, -0.2) is 23.0 Å². The number of carbonyl (C=O) groups excluding carboxylic acids is 1. The molecule has 0 bridgehead atoms. The van der Waals surface area contributed by atoms with Crippen molar-refractivity contribution in [3.63, 3.8) is 0 Å². The summed E-state index contributed by atoms with van der Waals surface area (Å²) in [5, 5.41) is 0.930. The van der Waals surface area contributed by atoms with Crippen LogP contribution in [0.25, 0.3) is 10.9 Å². The zero-order valence-electron chi connectivity index (χ0n) is 8.30. The third-order valence-electron chi connectivity index (χ3n) is 2.15. The van der Waals surface area contributed by atoms with Crippen LogP contribution in [0.2, 0.25) is 0 Å². The van der Waals surface area contributed by atoms with E-state index < -0.39 is 0 Å². The molecule has 1 heterocycles. The molecule has 0 aliphatic heterocycles. The molecule has 0 saturated heterocycles. The van der Waals surface area contributed by atoms with Crippen LogP contribution in [0.4, 0.5) is 0 Å². The Hall–Kier alpha value is -1.97. The lowest BCUT2D eigenvalue weighted by Gasteiger charge is -2.01. The summed E-state index contributed by atoms with van der Waals surface area (Å²) in [6.07, 6.45) is 3.51. The Bertz CT molecular complexity index is 497. The van der Waals surface area contributed by atoms with Gasteiger partial charge in [0.2, 0.25) is 0 Å². The summed E-state index contributed by atoms with van der Waals surface area (Å²) >= 11 is 0. The molecule has 0 fully saturated rings. The van der Waals surface area contributed by atoms with E-state index in [1.807, 2.05) is 18.2 Å². The van der Waals surface area contributed by atoms with Gasteiger partial charge in [-0.3, -0.25) is 4.79 Å². The van der Waals surface area contributed by atoms with Gasteiger partial charge in [-0.25, -0.2) is 9.97 Å². The first kappa shape index (κ1) is 9.58. The minimum atomic E-state index is -0.244. The Morgan fingerprint density at radius 1 is 1.47 bits per heavy atom. The van der Waals surface area contributed by atoms with E-state index in [0.717, 1.165) is 16.5 Å². The van der Waals surface area contributed by atoms with Crippen molar-refractivity contribution in [2.45, 2.75) is 6.42 Å². The van der Waals surface area contributed by atoms with Crippen LogP contribution < -0.4 is 0 Å². The lowest BCUT2D eigenvalue weighted by molar-refractivity contribution is -0.139. The summed E-state index contributed by atoms with van der Waals surface area (Å²) in [7, 11) is 1.38. The molecule has 2 aromatic rings. The van der Waals surface area contributed by atoms with E-state index in [9.17, 15) is 4.79 Å². The van der Waals surface area contributed by atoms with Gasteiger partial charge in [0.15, 0.2) is 0 Å². The summed E-state index contributed by atoms with van der Waals surface area (Å²) < 4.78 is 4.60. The van der Waals surface area contributed by atoms with Crippen molar-refractivity contribution in [2.75, 3.05) is 7.11 Å². The molecule has 2 rings (SSSR count). The molecule has 0 unspecified atom stereocenters. The Morgan fingerprint density at radius 2 is 2.33 bits per heavy atom. The standard InChI is InChI=1S/C11H10N2O2/c1-15-11(14)5-8-2-3-10-9(4-8)6-12-7-13-10/h2-4,6-7H,5H2,1H3. The van der Waals surface area contributed by atoms with Crippen molar-refractivity contribution in [3.8, 4) is 0 Å². The van der Waals surface area contributed by atoms with E-state index in [1.54, 1.807) is 6.20 Å². The Balaban J connectivity index is 2.34. The normalized spacial score (nSPS) is 10.2. The maximum Gasteiger partial charge on any atom is 0.309 e. The van der Waals surface area contributed by atoms with Gasteiger partial charge >= 0.3 is 5.97 Å². The van der Waals surface area contributed by atoms with Crippen LogP contribution in [0, 0.1) is 0 Å². The van der Waals surface area contributed by atoms with E-state index in [-0.39, 0.29) is 12.4 Å². The van der Waals surface area contributed by atoms with Crippen LogP contribution in [0.15, 0.2) is 30.7 Å². The molecule has 0 saturated carbocycles. The molecule has 0 spiro atoms. The van der Waals surface area contributed by atoms with E-state index in [4.69, 9.17) is 0 Å². The van der Waals surface area contributed by atoms with Crippen molar-refractivity contribution in [1.29, 1.82) is 0 Å². The van der Waals surface area contributed by atoms with Gasteiger partial charge in [-0.2, -0.15) is 0 Å². The molecule has 0 N–H and O–H groups in total. The summed E-state index contributed by atoms with van der Waals surface area (Å²) in [5.41, 5.74) is 1.78. The average Bonchev–Trinajstić information content (AvgIpc) is 2.29. The van der Waals surface area contributed by atoms with Crippen molar-refractivity contribution in [2.24, 2.45) is 0 Å². The van der Waals surface area contributed by atoms with Gasteiger partial charge < -0.3 is 4.74 Å². The second-order valence-corrected chi connectivity index (χ2v) is 3.17. The topological polar surface area (TPSA) is 52.1 Å². The minimum Gasteiger partial charge on any atom is -0.469 e. The molecule has 1 aromatic carbocycles. The number of esters is 1. The Labute approximate surface area is 86.9 Å². The summed E-state index contributed by atoms with van der Waals surface area (Å²) in [6.45, 7) is 0. The first-order chi connectivity index (χ1) is 7.29. The predicted molar refractivity (Wildman–Crippen MR) is 55.3 cm³/mol. The van der Waals surface area contributed by atoms with Crippen LogP contribution >= 0.6 is 0 Å². The van der Waals surface area contributed by atoms with Gasteiger partial charge in [-0.15, -0.1) is 0 Å². The lowest BCUT2D eigenvalue weighted by Crippen LogP contribution is -2.04. The molecule has 0 atom stereocenters. The minimum absolute atomic E-state index is 0.244. The highest BCUT2D eigenvalue weighted by molar-refractivity contribution is 5.80. The van der Waals surface area contributed by atoms with E-state index in [2.05, 4.69) is 14.7 Å². The van der Waals surface area contributed by atoms with Crippen molar-refractivity contribution in [3.05, 3.63) is 36.3 Å². The molecule has 15 heavy (non-hydrogen) atoms. The highest BCUT2D eigenvalue weighted by Gasteiger charge is 2.03. The van der Waals surface area contributed by atoms with E-state index in [1.165, 1.54) is 13.4 Å². The van der Waals surface area contributed by atoms with E-state index >= 15 is 0 Å². The molecule has 4 heteroatoms. The quantitative estimate of drug-likeness (QED) is 0.690. The molecule has 1 aromatic heterocycles. The zero-order chi connectivity index (χ0) is 10.7. The number of fused-ring (bicyclic) bond motifs is 1. The molecular formula is C11H10N2O2. The highest BCUT2D eigenvalue weighted by Crippen LogP contribution is 2.12. The number of rotatable bonds is 2. The van der Waals surface area contributed by atoms with Crippen LogP contribution in [0.5, 0.6) is 0 Å². The lowest BCUT2D eigenvalue weighted by atomic mass is 10.1. The van der Waals surface area contributed by atoms with Crippen molar-refractivity contribution in [1.82, 2.24) is 9.97 Å². The number of hydrogen-bond acceptors (Lipinski definition) is 4. The fourth-order valence-electron chi connectivity index (χ4n) is 1.38. The molecule has 0 amide bonds. The molecule has 0 aliphatic carbocycles. The number of aromatic nitrogens is 2. The zero-order valence-corrected chi connectivity index (χ0v) is 8.30. The molecule has 4 nitrogen and oxygen atoms in total. The van der Waals surface area contributed by atoms with Crippen molar-refractivity contribution < 1.29 is 9.53 Å². The first-order valence-corrected chi connectivity index (χ1v) is 4.55. The number of hydrogen-bond donors (Lipinski definition) is 0. The highest BCUT2D eigenvalue weighted by atomic mass is 16.5. The second-order valence-electron chi connectivity index (χ2n) is 3.17. The average molecular weight is 202 g/mol. The van der Waals surface area contributed by atoms with Gasteiger partial charge in [-0.05, 0) is 17.7 Å². The third kappa shape index (κ3) is 2.10. The number of benzene rings is 1. The first-order valence-electron chi connectivity index (χ1n) is 4.55. The van der Waals surface area contributed by atoms with Gasteiger partial charge in [-0.1, -0.05) is 6.07 Å². The van der Waals surface area contributed by atoms with Gasteiger partial charge in [0, 0.05) is 11.6 Å². The third-order valence-corrected chi connectivity index (χ3v) is 2.15. The monoisotopic (exact) mass is 202 g/mol. The summed E-state index contributed by atoms with van der Waals surface area (Å²) in [4.78, 5) is 19.1. The fourth-order valence-corrected chi connectivity index (χ4v) is 1.38. The Kier molecular flexibility index (Phi) is 2.58. The number of methoxy groups -OCH3 is 1. The number of nitrogens with zero attached hydrogens (tertiary/aromatic N) is 2. The smallest absolute Gasteiger partial charge is 0.309 e. The largest absolute Gasteiger partial charge is 0.469 e. The van der Waals surface area contributed by atoms with E-state index in [0.29, 0.717) is 0 Å². The number of ether oxygens (including phenoxy) is 1. The Morgan fingerprint density at radius 3 is 3.13 bits per heavy atom. The van der Waals surface area contributed by atoms with Crippen LogP contribution in [0.3, 0.4) is 0 Å². The van der Waals surface area contributed by atoms with Crippen molar-refractivity contribution >= 4 is 16.9 Å². The molecule has 0 aliphatic rings. The summed E-state index contributed by atoms with van der Waals surface area (Å²) in [6, 6.07) is 5.63. The molecular weight excluding hydrogens is 192 g/mol. The van der Waals surface area contributed by atoms with Crippen LogP contribution in [-0.2, 0) is 16.0 Å². The van der Waals surface area contributed by atoms with Crippen LogP contribution in [0.1, 0.15) is 5.56 Å². The van der Waals surface area contributed by atoms with Gasteiger partial charge in [0.25, 0.3) is 0 Å². The maximum atomic E-state index is 11.1. The SMILES string of the molecule is COC(=O)Cc1ccc2ncncc2c1. The molecule has 76 valence electrons. The molecule has 0 radical (unpaired) electrons. The fraction of sp³-hybridized carbons (Fsp3) is 0.182. The number of carbonyl (C=O) groups is 1. The predicted octanol–water partition coefficient (Wildman–Crippen LogP) is 1.35.